The summed E-state index contributed by atoms with van der Waals surface area (Å²) in [6, 6.07) is 21.2. The maximum atomic E-state index is 14.6. The van der Waals surface area contributed by atoms with E-state index in [2.05, 4.69) is 55.7 Å². The molecule has 0 saturated carbocycles. The van der Waals surface area contributed by atoms with Gasteiger partial charge >= 0.3 is 0 Å². The first-order chi connectivity index (χ1) is 34.2. The molecule has 6 heterocycles. The summed E-state index contributed by atoms with van der Waals surface area (Å²) >= 11 is 6.38. The Morgan fingerprint density at radius 2 is 1.76 bits per heavy atom. The van der Waals surface area contributed by atoms with Gasteiger partial charge in [0, 0.05) is 80.3 Å². The lowest BCUT2D eigenvalue weighted by atomic mass is 9.71. The Labute approximate surface area is 419 Å². The Morgan fingerprint density at radius 3 is 2.56 bits per heavy atom. The minimum absolute atomic E-state index is 0.00182. The number of amides is 1. The average molecular weight is 1010 g/mol. The number of nitrogens with one attached hydrogen (secondary N) is 3. The smallest absolute Gasteiger partial charge is 0.293 e. The summed E-state index contributed by atoms with van der Waals surface area (Å²) in [6.45, 7) is 11.6. The van der Waals surface area contributed by atoms with Gasteiger partial charge < -0.3 is 39.2 Å². The highest BCUT2D eigenvalue weighted by molar-refractivity contribution is 7.90. The number of carbonyl (C=O) groups excluding carboxylic acids is 1. The van der Waals surface area contributed by atoms with E-state index in [1.54, 1.807) is 12.3 Å². The molecule has 0 radical (unpaired) electrons. The van der Waals surface area contributed by atoms with Crippen molar-refractivity contribution >= 4 is 72.6 Å². The van der Waals surface area contributed by atoms with Crippen LogP contribution in [0.4, 0.5) is 28.4 Å². The van der Waals surface area contributed by atoms with E-state index in [1.807, 2.05) is 48.3 Å². The SMILES string of the molecule is CN1CCC(Nc2ccc(S(=O)(=O)NC(=O)c3ccc(N4CCN5CC6=C(c7ccc(Cl)cc7)CC(C)(C)C[C@H]6OCCCOC[C@@H]5C4)cc3N3CCCOc4nc5[nH]ccc5cc43)cc2[N+](=O)[O-])CC1. The van der Waals surface area contributed by atoms with E-state index in [1.165, 1.54) is 28.8 Å². The van der Waals surface area contributed by atoms with Crippen LogP contribution in [0.5, 0.6) is 5.88 Å². The molecule has 19 heteroatoms. The number of aromatic amines is 1. The maximum absolute atomic E-state index is 14.6. The lowest BCUT2D eigenvalue weighted by molar-refractivity contribution is -0.384. The molecule has 5 aromatic rings. The lowest BCUT2D eigenvalue weighted by Gasteiger charge is -2.45. The van der Waals surface area contributed by atoms with Crippen LogP contribution in [-0.2, 0) is 19.5 Å². The van der Waals surface area contributed by atoms with Crippen molar-refractivity contribution in [1.29, 1.82) is 0 Å². The molecule has 3 fully saturated rings. The molecule has 3 N–H and O–H groups in total. The zero-order chi connectivity index (χ0) is 49.4. The number of sulfonamides is 1. The molecule has 0 bridgehead atoms. The molecule has 1 aliphatic carbocycles. The van der Waals surface area contributed by atoms with Crippen LogP contribution in [0, 0.1) is 15.5 Å². The molecule has 3 aromatic carbocycles. The monoisotopic (exact) mass is 1010 g/mol. The zero-order valence-electron chi connectivity index (χ0n) is 40.5. The first-order valence-corrected chi connectivity index (χ1v) is 26.5. The third-order valence-electron chi connectivity index (χ3n) is 14.6. The van der Waals surface area contributed by atoms with E-state index in [-0.39, 0.29) is 40.5 Å². The first kappa shape index (κ1) is 48.8. The highest BCUT2D eigenvalue weighted by Crippen LogP contribution is 2.46. The minimum Gasteiger partial charge on any atom is -0.476 e. The number of allylic oxidation sites excluding steroid dienone is 1. The predicted molar refractivity (Wildman–Crippen MR) is 276 cm³/mol. The van der Waals surface area contributed by atoms with Crippen LogP contribution >= 0.6 is 11.6 Å². The van der Waals surface area contributed by atoms with Crippen molar-refractivity contribution in [2.24, 2.45) is 5.41 Å². The summed E-state index contributed by atoms with van der Waals surface area (Å²) in [5.41, 5.74) is 6.36. The molecule has 17 nitrogen and oxygen atoms in total. The van der Waals surface area contributed by atoms with Crippen molar-refractivity contribution < 1.29 is 32.3 Å². The summed E-state index contributed by atoms with van der Waals surface area (Å²) in [7, 11) is -2.57. The van der Waals surface area contributed by atoms with Gasteiger partial charge in [-0.15, -0.1) is 0 Å². The van der Waals surface area contributed by atoms with E-state index in [0.717, 1.165) is 75.4 Å². The molecule has 0 unspecified atom stereocenters. The maximum Gasteiger partial charge on any atom is 0.293 e. The molecular formula is C52H62ClN9O8S. The van der Waals surface area contributed by atoms with Crippen LogP contribution in [0.25, 0.3) is 16.6 Å². The number of benzene rings is 3. The van der Waals surface area contributed by atoms with Crippen LogP contribution in [0.3, 0.4) is 0 Å². The third kappa shape index (κ3) is 10.7. The number of rotatable bonds is 9. The van der Waals surface area contributed by atoms with Gasteiger partial charge in [-0.1, -0.05) is 37.6 Å². The molecule has 2 atom stereocenters. The number of piperazine rings is 1. The van der Waals surface area contributed by atoms with E-state index in [4.69, 9.17) is 30.8 Å². The van der Waals surface area contributed by atoms with Gasteiger partial charge in [-0.25, -0.2) is 13.1 Å². The Hall–Kier alpha value is -5.76. The van der Waals surface area contributed by atoms with Gasteiger partial charge in [0.1, 0.15) is 17.0 Å². The first-order valence-electron chi connectivity index (χ1n) is 24.7. The number of carbonyl (C=O) groups is 1. The number of nitrogens with zero attached hydrogens (tertiary/aromatic N) is 6. The number of hydrogen-bond donors (Lipinski definition) is 3. The fourth-order valence-corrected chi connectivity index (χ4v) is 11.9. The lowest BCUT2D eigenvalue weighted by Crippen LogP contribution is -2.56. The summed E-state index contributed by atoms with van der Waals surface area (Å²) in [6.07, 6.45) is 6.56. The molecule has 3 saturated heterocycles. The normalized spacial score (nSPS) is 21.8. The molecule has 376 valence electrons. The van der Waals surface area contributed by atoms with E-state index >= 15 is 0 Å². The molecule has 4 aliphatic heterocycles. The van der Waals surface area contributed by atoms with Crippen LogP contribution in [-0.4, -0.2) is 136 Å². The molecule has 5 aliphatic rings. The predicted octanol–water partition coefficient (Wildman–Crippen LogP) is 8.24. The number of nitro groups is 1. The third-order valence-corrected chi connectivity index (χ3v) is 16.2. The summed E-state index contributed by atoms with van der Waals surface area (Å²) in [5.74, 6) is -0.504. The Morgan fingerprint density at radius 1 is 0.944 bits per heavy atom. The van der Waals surface area contributed by atoms with Crippen molar-refractivity contribution in [3.63, 3.8) is 0 Å². The van der Waals surface area contributed by atoms with Gasteiger partial charge in [-0.2, -0.15) is 4.98 Å². The Bertz CT molecular complexity index is 2940. The number of likely N-dealkylation sites (tertiary alicyclic amines) is 1. The number of aromatic nitrogens is 2. The largest absolute Gasteiger partial charge is 0.476 e. The van der Waals surface area contributed by atoms with E-state index in [0.29, 0.717) is 80.4 Å². The molecule has 71 heavy (non-hydrogen) atoms. The minimum atomic E-state index is -4.60. The molecule has 10 rings (SSSR count). The fraction of sp³-hybridized carbons (Fsp3) is 0.462. The van der Waals surface area contributed by atoms with Gasteiger partial charge in [-0.3, -0.25) is 19.8 Å². The molecule has 2 aromatic heterocycles. The zero-order valence-corrected chi connectivity index (χ0v) is 42.1. The number of pyridine rings is 1. The van der Waals surface area contributed by atoms with Gasteiger partial charge in [0.25, 0.3) is 21.6 Å². The standard InChI is InChI=1S/C52H62ClN9O8S/c1-52(2)29-42(34-6-8-36(53)9-7-34)43-32-60-22-21-59(31-39(60)33-68-23-5-25-69-48(43)30-52)38-10-12-41(45(27-38)61-18-4-24-70-51-47(61)26-35-14-17-54-49(35)56-51)50(63)57-71(66,67)40-11-13-44(46(28-40)62(64)65)55-37-15-19-58(3)20-16-37/h6-14,17,26-28,37,39,48,55H,4-5,15-16,18-25,29-33H2,1-3H3,(H,54,56)(H,57,63)/t39-,48+/m0/s1. The molecule has 1 amide bonds. The number of H-pyrrole nitrogens is 1. The number of halogens is 1. The highest BCUT2D eigenvalue weighted by atomic mass is 35.5. The van der Waals surface area contributed by atoms with Crippen molar-refractivity contribution in [2.45, 2.75) is 75.5 Å². The van der Waals surface area contributed by atoms with Crippen LogP contribution < -0.4 is 24.6 Å². The second-order valence-corrected chi connectivity index (χ2v) is 22.4. The van der Waals surface area contributed by atoms with Crippen LogP contribution in [0.1, 0.15) is 68.3 Å². The topological polar surface area (TPSA) is 188 Å². The van der Waals surface area contributed by atoms with E-state index in [9.17, 15) is 23.3 Å². The quantitative estimate of drug-likeness (QED) is 0.0946. The summed E-state index contributed by atoms with van der Waals surface area (Å²) in [5, 5.41) is 17.1. The number of ether oxygens (including phenoxy) is 3. The number of fused-ring (bicyclic) bond motifs is 4. The number of piperidine rings is 1. The average Bonchev–Trinajstić information content (AvgIpc) is 3.69. The van der Waals surface area contributed by atoms with Crippen LogP contribution in [0.2, 0.25) is 5.02 Å². The number of hydrogen-bond acceptors (Lipinski definition) is 14. The Balaban J connectivity index is 0.973. The summed E-state index contributed by atoms with van der Waals surface area (Å²) in [4.78, 5) is 42.9. The van der Waals surface area contributed by atoms with E-state index < -0.39 is 25.7 Å². The second kappa shape index (κ2) is 20.4. The van der Waals surface area contributed by atoms with Crippen molar-refractivity contribution in [3.05, 3.63) is 111 Å². The van der Waals surface area contributed by atoms with Crippen molar-refractivity contribution in [2.75, 3.05) is 94.4 Å². The van der Waals surface area contributed by atoms with Gasteiger partial charge in [-0.05, 0) is 135 Å². The van der Waals surface area contributed by atoms with Crippen LogP contribution in [0.15, 0.2) is 89.5 Å². The van der Waals surface area contributed by atoms with Gasteiger partial charge in [0.2, 0.25) is 5.88 Å². The number of anilines is 4. The highest BCUT2D eigenvalue weighted by Gasteiger charge is 2.39. The van der Waals surface area contributed by atoms with Gasteiger partial charge in [0.15, 0.2) is 0 Å². The van der Waals surface area contributed by atoms with Crippen molar-refractivity contribution in [1.82, 2.24) is 24.5 Å². The van der Waals surface area contributed by atoms with Gasteiger partial charge in [0.05, 0.1) is 46.4 Å². The van der Waals surface area contributed by atoms with Crippen molar-refractivity contribution in [3.8, 4) is 5.88 Å². The molecular weight excluding hydrogens is 946 g/mol. The number of nitro benzene ring substituents is 1. The molecule has 0 spiro atoms. The second-order valence-electron chi connectivity index (χ2n) is 20.3. The fourth-order valence-electron chi connectivity index (χ4n) is 10.8. The summed E-state index contributed by atoms with van der Waals surface area (Å²) < 4.78 is 49.7. The Kier molecular flexibility index (Phi) is 14.0.